The smallest absolute Gasteiger partial charge is 0.412 e. The Balaban J connectivity index is 0.000000294. The Labute approximate surface area is 535 Å². The third-order valence-corrected chi connectivity index (χ3v) is 13.8. The second-order valence-corrected chi connectivity index (χ2v) is 24.9. The first-order chi connectivity index (χ1) is 39.5. The highest BCUT2D eigenvalue weighted by Gasteiger charge is 2.26. The molecule has 2 saturated heterocycles. The van der Waals surface area contributed by atoms with Crippen LogP contribution in [0.2, 0.25) is 20.1 Å². The molecule has 10 rings (SSSR count). The SMILES string of the molecule is BrCC1CO1.C.CC(C)(C)OC(=O)Nc1cccc2[nH]cc(Cl)c12.CC(C)(C)OC(=O)Nc1cccc2c1c(Cl)cn2CC(O)CN.CC(C)(C)OC(=O)Nc1cccc2c1c(Cl)cn2CC1CO1.N.NCC(O)Cn1cc(Cl)c2c(N)cccc21.O. The molecule has 4 unspecified atom stereocenters. The van der Waals surface area contributed by atoms with Crippen LogP contribution < -0.4 is 39.3 Å². The van der Waals surface area contributed by atoms with E-state index >= 15 is 0 Å². The zero-order valence-electron chi connectivity index (χ0n) is 49.5. The van der Waals surface area contributed by atoms with Gasteiger partial charge < -0.3 is 81.4 Å². The number of fused-ring (bicyclic) bond motifs is 4. The van der Waals surface area contributed by atoms with Crippen LogP contribution in [-0.4, -0.2) is 126 Å². The van der Waals surface area contributed by atoms with Crippen molar-refractivity contribution in [2.45, 2.75) is 131 Å². The van der Waals surface area contributed by atoms with E-state index in [1.54, 1.807) is 63.6 Å². The number of halogens is 5. The number of epoxide rings is 2. The molecule has 2 aliphatic heterocycles. The van der Waals surface area contributed by atoms with Crippen molar-refractivity contribution in [1.29, 1.82) is 0 Å². The number of hydrogen-bond donors (Lipinski definition) is 10. The van der Waals surface area contributed by atoms with Crippen molar-refractivity contribution in [2.24, 2.45) is 11.5 Å². The molecule has 3 amide bonds. The molecule has 8 aromatic rings. The Kier molecular flexibility index (Phi) is 28.5. The number of nitrogens with zero attached hydrogens (tertiary/aromatic N) is 3. The maximum absolute atomic E-state index is 12.0. The minimum absolute atomic E-state index is 0. The standard InChI is InChI=1S/C16H22ClN3O3.C16H19ClN2O3.C13H15ClN2O2.C11H14ClN3O.C3H5BrO.CH4.H3N.H2O/c1-16(2,3)23-15(22)19-12-5-4-6-13-14(12)11(17)9-20(13)8-10(21)7-18;1-16(2,3)22-15(20)18-12-5-4-6-13-14(12)11(17)8-19(13)7-10-9-21-10;1-13(2,3)18-12(17)16-10-6-4-5-9-11(10)8(14)7-15-9;12-8-6-15(5-7(16)4-13)10-3-1-2-9(14)11(8)10;4-1-3-2-5-3;;;/h4-6,9-10,21H,7-8,18H2,1-3H3,(H,19,22);4-6,8,10H,7,9H2,1-3H3,(H,18,20);4-7,15H,1-3H3,(H,16,17);1-3,6-7,16H,4-5,13-14H2;3H,1-2H2;1H4;1H3;1H2. The summed E-state index contributed by atoms with van der Waals surface area (Å²) in [6.45, 7) is 20.0. The van der Waals surface area contributed by atoms with Gasteiger partial charge in [0.15, 0.2) is 0 Å². The number of nitrogens with two attached hydrogens (primary N) is 3. The zero-order valence-corrected chi connectivity index (χ0v) is 54.1. The number of carbonyl (C=O) groups is 3. The van der Waals surface area contributed by atoms with Crippen LogP contribution in [0.1, 0.15) is 69.7 Å². The molecule has 2 fully saturated rings. The van der Waals surface area contributed by atoms with Crippen molar-refractivity contribution in [3.05, 3.63) is 118 Å². The van der Waals surface area contributed by atoms with Gasteiger partial charge in [0.1, 0.15) is 16.8 Å². The average Bonchev–Trinajstić information content (AvgIpc) is 1.78. The summed E-state index contributed by atoms with van der Waals surface area (Å²) < 4.78 is 31.6. The number of rotatable bonds is 12. The average molecular weight is 1360 g/mol. The van der Waals surface area contributed by atoms with Crippen LogP contribution in [0.15, 0.2) is 97.6 Å². The Morgan fingerprint density at radius 3 is 1.34 bits per heavy atom. The van der Waals surface area contributed by atoms with Crippen molar-refractivity contribution in [3.8, 4) is 0 Å². The molecular weight excluding hydrogens is 1270 g/mol. The number of aliphatic hydroxyl groups is 2. The molecule has 27 heteroatoms. The minimum atomic E-state index is -0.663. The van der Waals surface area contributed by atoms with Gasteiger partial charge in [0.25, 0.3) is 0 Å². The van der Waals surface area contributed by atoms with Crippen molar-refractivity contribution < 1.29 is 53.8 Å². The lowest BCUT2D eigenvalue weighted by Crippen LogP contribution is -2.27. The number of nitrogen functional groups attached to an aromatic ring is 1. The van der Waals surface area contributed by atoms with E-state index in [9.17, 15) is 24.6 Å². The fourth-order valence-electron chi connectivity index (χ4n) is 8.23. The highest BCUT2D eigenvalue weighted by atomic mass is 79.9. The molecule has 0 aliphatic carbocycles. The van der Waals surface area contributed by atoms with Crippen LogP contribution in [0.3, 0.4) is 0 Å². The summed E-state index contributed by atoms with van der Waals surface area (Å²) in [7, 11) is 0. The lowest BCUT2D eigenvalue weighted by atomic mass is 10.2. The van der Waals surface area contributed by atoms with Crippen molar-refractivity contribution in [2.75, 3.05) is 53.3 Å². The molecule has 17 N–H and O–H groups in total. The molecule has 4 aromatic heterocycles. The normalized spacial score (nSPS) is 14.7. The molecule has 22 nitrogen and oxygen atoms in total. The fourth-order valence-corrected chi connectivity index (χ4v) is 9.82. The van der Waals surface area contributed by atoms with Gasteiger partial charge in [-0.15, -0.1) is 0 Å². The van der Waals surface area contributed by atoms with Crippen molar-refractivity contribution >= 4 is 147 Å². The minimum Gasteiger partial charge on any atom is -0.444 e. The van der Waals surface area contributed by atoms with Gasteiger partial charge >= 0.3 is 18.3 Å². The van der Waals surface area contributed by atoms with Crippen LogP contribution in [0.25, 0.3) is 43.6 Å². The van der Waals surface area contributed by atoms with E-state index in [0.29, 0.717) is 67.4 Å². The number of aromatic amines is 1. The van der Waals surface area contributed by atoms with Gasteiger partial charge in [0, 0.05) is 89.0 Å². The quantitative estimate of drug-likeness (QED) is 0.0235. The van der Waals surface area contributed by atoms with Gasteiger partial charge in [0.2, 0.25) is 0 Å². The Morgan fingerprint density at radius 2 is 0.966 bits per heavy atom. The Morgan fingerprint density at radius 1 is 0.609 bits per heavy atom. The van der Waals surface area contributed by atoms with Gasteiger partial charge in [-0.1, -0.05) is 94.0 Å². The summed E-state index contributed by atoms with van der Waals surface area (Å²) in [6, 6.07) is 22.2. The van der Waals surface area contributed by atoms with E-state index in [1.165, 1.54) is 0 Å². The fraction of sp³-hybridized carbons (Fsp3) is 0.417. The van der Waals surface area contributed by atoms with Crippen LogP contribution >= 0.6 is 62.3 Å². The molecule has 0 saturated carbocycles. The van der Waals surface area contributed by atoms with Gasteiger partial charge in [0.05, 0.1) is 97.9 Å². The number of anilines is 4. The number of aliphatic hydroxyl groups excluding tert-OH is 2. The van der Waals surface area contributed by atoms with Crippen LogP contribution in [0.5, 0.6) is 0 Å². The van der Waals surface area contributed by atoms with Crippen LogP contribution in [0, 0.1) is 0 Å². The molecule has 87 heavy (non-hydrogen) atoms. The molecule has 2 aliphatic rings. The summed E-state index contributed by atoms with van der Waals surface area (Å²) in [4.78, 5) is 38.7. The first kappa shape index (κ1) is 75.2. The summed E-state index contributed by atoms with van der Waals surface area (Å²) in [5, 5.41) is 33.8. The highest BCUT2D eigenvalue weighted by molar-refractivity contribution is 9.09. The molecule has 4 atom stereocenters. The predicted molar refractivity (Wildman–Crippen MR) is 357 cm³/mol. The van der Waals surface area contributed by atoms with Gasteiger partial charge in [-0.3, -0.25) is 16.0 Å². The van der Waals surface area contributed by atoms with E-state index < -0.39 is 47.3 Å². The lowest BCUT2D eigenvalue weighted by Gasteiger charge is -2.20. The van der Waals surface area contributed by atoms with Crippen LogP contribution in [-0.2, 0) is 43.3 Å². The summed E-state index contributed by atoms with van der Waals surface area (Å²) in [6.07, 6.45) is 5.08. The second-order valence-electron chi connectivity index (χ2n) is 22.6. The first-order valence-corrected chi connectivity index (χ1v) is 29.5. The number of carbonyl (C=O) groups excluding carboxylic acids is 3. The zero-order chi connectivity index (χ0) is 61.8. The van der Waals surface area contributed by atoms with Crippen LogP contribution in [0.4, 0.5) is 37.1 Å². The van der Waals surface area contributed by atoms with Gasteiger partial charge in [-0.25, -0.2) is 14.4 Å². The second kappa shape index (κ2) is 33.0. The number of hydrogen-bond acceptors (Lipinski definition) is 14. The monoisotopic (exact) mass is 1350 g/mol. The highest BCUT2D eigenvalue weighted by Crippen LogP contribution is 2.36. The Hall–Kier alpha value is -6.03. The number of alkyl halides is 1. The molecule has 0 spiro atoms. The number of ether oxygens (including phenoxy) is 5. The van der Waals surface area contributed by atoms with Crippen molar-refractivity contribution in [3.63, 3.8) is 0 Å². The Bertz CT molecular complexity index is 3530. The molecule has 0 radical (unpaired) electrons. The van der Waals surface area contributed by atoms with Gasteiger partial charge in [-0.2, -0.15) is 0 Å². The number of benzene rings is 4. The van der Waals surface area contributed by atoms with E-state index in [2.05, 4.69) is 41.4 Å². The van der Waals surface area contributed by atoms with E-state index in [1.807, 2.05) is 105 Å². The van der Waals surface area contributed by atoms with Gasteiger partial charge in [-0.05, 0) is 111 Å². The largest absolute Gasteiger partial charge is 0.444 e. The van der Waals surface area contributed by atoms with E-state index in [0.717, 1.165) is 63.3 Å². The third kappa shape index (κ3) is 22.8. The maximum Gasteiger partial charge on any atom is 0.412 e. The first-order valence-electron chi connectivity index (χ1n) is 26.9. The maximum atomic E-state index is 12.0. The summed E-state index contributed by atoms with van der Waals surface area (Å²) in [5.41, 5.74) is 21.1. The molecule has 480 valence electrons. The lowest BCUT2D eigenvalue weighted by molar-refractivity contribution is 0.0625. The van der Waals surface area contributed by atoms with E-state index in [4.69, 9.17) is 87.3 Å². The number of amides is 3. The van der Waals surface area contributed by atoms with Crippen molar-refractivity contribution in [1.82, 2.24) is 24.8 Å². The van der Waals surface area contributed by atoms with E-state index in [-0.39, 0.29) is 38.2 Å². The number of H-pyrrole nitrogens is 1. The summed E-state index contributed by atoms with van der Waals surface area (Å²) in [5.74, 6) is 0. The predicted octanol–water partition coefficient (Wildman–Crippen LogP) is 13.1. The molecule has 4 aromatic carbocycles. The number of aromatic nitrogens is 4. The topological polar surface area (TPSA) is 356 Å². The molecule has 0 bridgehead atoms. The summed E-state index contributed by atoms with van der Waals surface area (Å²) >= 11 is 28.1. The molecular formula is C60H84BrCl4N11O11. The molecule has 6 heterocycles. The number of nitrogens with one attached hydrogen (secondary N) is 4. The third-order valence-electron chi connectivity index (χ3n) is 11.9.